The number of pyridine rings is 1. The summed E-state index contributed by atoms with van der Waals surface area (Å²) in [5.41, 5.74) is 1.11. The van der Waals surface area contributed by atoms with E-state index in [1.807, 2.05) is 25.4 Å². The molecule has 3 rings (SSSR count). The van der Waals surface area contributed by atoms with Gasteiger partial charge in [0.25, 0.3) is 0 Å². The average Bonchev–Trinajstić information content (AvgIpc) is 2.96. The van der Waals surface area contributed by atoms with Gasteiger partial charge in [-0.25, -0.2) is 0 Å². The number of aromatic nitrogens is 3. The van der Waals surface area contributed by atoms with Gasteiger partial charge in [-0.05, 0) is 37.4 Å². The van der Waals surface area contributed by atoms with Crippen molar-refractivity contribution in [2.45, 2.75) is 44.6 Å². The van der Waals surface area contributed by atoms with Gasteiger partial charge in [0, 0.05) is 31.3 Å². The van der Waals surface area contributed by atoms with E-state index >= 15 is 0 Å². The van der Waals surface area contributed by atoms with Crippen molar-refractivity contribution in [2.24, 2.45) is 5.92 Å². The number of nitrogens with zero attached hydrogens (tertiary/aromatic N) is 3. The molecule has 21 heavy (non-hydrogen) atoms. The van der Waals surface area contributed by atoms with Crippen LogP contribution in [-0.2, 0) is 12.8 Å². The van der Waals surface area contributed by atoms with Crippen molar-refractivity contribution in [1.82, 2.24) is 20.4 Å². The van der Waals surface area contributed by atoms with Gasteiger partial charge in [-0.1, -0.05) is 24.1 Å². The van der Waals surface area contributed by atoms with Gasteiger partial charge in [0.05, 0.1) is 0 Å². The lowest BCUT2D eigenvalue weighted by atomic mass is 9.82. The fourth-order valence-electron chi connectivity index (χ4n) is 3.19. The Labute approximate surface area is 125 Å². The molecule has 0 saturated heterocycles. The molecule has 1 aliphatic rings. The summed E-state index contributed by atoms with van der Waals surface area (Å²) in [6.07, 6.45) is 10.3. The van der Waals surface area contributed by atoms with Crippen molar-refractivity contribution in [3.8, 4) is 0 Å². The molecule has 0 spiro atoms. The molecule has 2 heterocycles. The second kappa shape index (κ2) is 6.80. The van der Waals surface area contributed by atoms with Gasteiger partial charge in [-0.15, -0.1) is 0 Å². The molecule has 5 nitrogen and oxygen atoms in total. The van der Waals surface area contributed by atoms with E-state index in [4.69, 9.17) is 4.52 Å². The lowest BCUT2D eigenvalue weighted by Crippen LogP contribution is -2.37. The van der Waals surface area contributed by atoms with E-state index in [0.29, 0.717) is 18.4 Å². The normalized spacial score (nSPS) is 22.3. The van der Waals surface area contributed by atoms with Crippen LogP contribution >= 0.6 is 0 Å². The van der Waals surface area contributed by atoms with Gasteiger partial charge in [0.1, 0.15) is 0 Å². The number of rotatable bonds is 5. The number of hydrogen-bond acceptors (Lipinski definition) is 5. The Morgan fingerprint density at radius 3 is 3.05 bits per heavy atom. The Kier molecular flexibility index (Phi) is 4.60. The smallest absolute Gasteiger partial charge is 0.226 e. The minimum atomic E-state index is 0.576. The van der Waals surface area contributed by atoms with Crippen LogP contribution < -0.4 is 5.32 Å². The molecule has 2 atom stereocenters. The number of nitrogens with one attached hydrogen (secondary N) is 1. The Balaban J connectivity index is 1.62. The highest BCUT2D eigenvalue weighted by Crippen LogP contribution is 2.27. The molecule has 0 amide bonds. The maximum Gasteiger partial charge on any atom is 0.226 e. The third kappa shape index (κ3) is 3.67. The van der Waals surface area contributed by atoms with Crippen LogP contribution in [0.2, 0.25) is 0 Å². The maximum atomic E-state index is 5.42. The standard InChI is InChI=1S/C16H22N4O/c1-17-14-7-3-2-6-13(14)10-16-19-15(20-21-16)9-12-5-4-8-18-11-12/h4-5,8,11,13-14,17H,2-3,6-7,9-10H2,1H3. The van der Waals surface area contributed by atoms with E-state index in [1.165, 1.54) is 25.7 Å². The van der Waals surface area contributed by atoms with Crippen LogP contribution in [0, 0.1) is 5.92 Å². The quantitative estimate of drug-likeness (QED) is 0.914. The molecule has 112 valence electrons. The second-order valence-electron chi connectivity index (χ2n) is 5.79. The SMILES string of the molecule is CNC1CCCCC1Cc1nc(Cc2cccnc2)no1. The van der Waals surface area contributed by atoms with E-state index in [0.717, 1.165) is 23.7 Å². The molecule has 1 fully saturated rings. The van der Waals surface area contributed by atoms with Crippen molar-refractivity contribution in [3.63, 3.8) is 0 Å². The second-order valence-corrected chi connectivity index (χ2v) is 5.79. The predicted octanol–water partition coefficient (Wildman–Crippen LogP) is 2.38. The van der Waals surface area contributed by atoms with Crippen molar-refractivity contribution in [1.29, 1.82) is 0 Å². The summed E-state index contributed by atoms with van der Waals surface area (Å²) in [5.74, 6) is 2.12. The predicted molar refractivity (Wildman–Crippen MR) is 79.9 cm³/mol. The number of hydrogen-bond donors (Lipinski definition) is 1. The van der Waals surface area contributed by atoms with Crippen LogP contribution in [0.3, 0.4) is 0 Å². The lowest BCUT2D eigenvalue weighted by Gasteiger charge is -2.30. The van der Waals surface area contributed by atoms with Gasteiger partial charge >= 0.3 is 0 Å². The van der Waals surface area contributed by atoms with Crippen LogP contribution in [0.1, 0.15) is 43.0 Å². The first kappa shape index (κ1) is 14.2. The van der Waals surface area contributed by atoms with E-state index in [-0.39, 0.29) is 0 Å². The van der Waals surface area contributed by atoms with E-state index in [2.05, 4.69) is 20.4 Å². The lowest BCUT2D eigenvalue weighted by molar-refractivity contribution is 0.248. The molecule has 5 heteroatoms. The monoisotopic (exact) mass is 286 g/mol. The van der Waals surface area contributed by atoms with Crippen LogP contribution in [0.15, 0.2) is 29.0 Å². The van der Waals surface area contributed by atoms with E-state index in [1.54, 1.807) is 6.20 Å². The average molecular weight is 286 g/mol. The minimum Gasteiger partial charge on any atom is -0.339 e. The Bertz CT molecular complexity index is 554. The third-order valence-electron chi connectivity index (χ3n) is 4.31. The topological polar surface area (TPSA) is 63.8 Å². The Hall–Kier alpha value is -1.75. The van der Waals surface area contributed by atoms with E-state index < -0.39 is 0 Å². The first-order valence-corrected chi connectivity index (χ1v) is 7.73. The Morgan fingerprint density at radius 2 is 2.24 bits per heavy atom. The zero-order valence-corrected chi connectivity index (χ0v) is 12.5. The molecule has 2 aromatic rings. The van der Waals surface area contributed by atoms with Crippen molar-refractivity contribution < 1.29 is 4.52 Å². The van der Waals surface area contributed by atoms with Crippen molar-refractivity contribution in [2.75, 3.05) is 7.05 Å². The summed E-state index contributed by atoms with van der Waals surface area (Å²) in [5, 5.41) is 7.52. The Morgan fingerprint density at radius 1 is 1.33 bits per heavy atom. The molecule has 0 aromatic carbocycles. The van der Waals surface area contributed by atoms with Crippen LogP contribution in [0.5, 0.6) is 0 Å². The summed E-state index contributed by atoms with van der Waals surface area (Å²) >= 11 is 0. The van der Waals surface area contributed by atoms with Gasteiger partial charge in [-0.3, -0.25) is 4.98 Å². The largest absolute Gasteiger partial charge is 0.339 e. The summed E-state index contributed by atoms with van der Waals surface area (Å²) in [7, 11) is 2.05. The van der Waals surface area contributed by atoms with E-state index in [9.17, 15) is 0 Å². The first-order valence-electron chi connectivity index (χ1n) is 7.73. The zero-order valence-electron chi connectivity index (χ0n) is 12.5. The first-order chi connectivity index (χ1) is 10.3. The molecule has 0 radical (unpaired) electrons. The molecular weight excluding hydrogens is 264 g/mol. The van der Waals surface area contributed by atoms with Gasteiger partial charge < -0.3 is 9.84 Å². The molecule has 0 bridgehead atoms. The van der Waals surface area contributed by atoms with Crippen LogP contribution in [-0.4, -0.2) is 28.2 Å². The summed E-state index contributed by atoms with van der Waals surface area (Å²) in [6, 6.07) is 4.53. The zero-order chi connectivity index (χ0) is 14.5. The minimum absolute atomic E-state index is 0.576. The highest BCUT2D eigenvalue weighted by atomic mass is 16.5. The summed E-state index contributed by atoms with van der Waals surface area (Å²) in [4.78, 5) is 8.64. The fourth-order valence-corrected chi connectivity index (χ4v) is 3.19. The van der Waals surface area contributed by atoms with Crippen molar-refractivity contribution in [3.05, 3.63) is 41.8 Å². The molecule has 0 aliphatic heterocycles. The van der Waals surface area contributed by atoms with Gasteiger partial charge in [0.15, 0.2) is 5.82 Å². The van der Waals surface area contributed by atoms with Gasteiger partial charge in [-0.2, -0.15) is 4.98 Å². The fraction of sp³-hybridized carbons (Fsp3) is 0.562. The maximum absolute atomic E-state index is 5.42. The molecule has 1 aliphatic carbocycles. The summed E-state index contributed by atoms with van der Waals surface area (Å²) in [6.45, 7) is 0. The highest BCUT2D eigenvalue weighted by molar-refractivity contribution is 5.13. The molecule has 2 aromatic heterocycles. The molecule has 2 unspecified atom stereocenters. The van der Waals surface area contributed by atoms with Gasteiger partial charge in [0.2, 0.25) is 5.89 Å². The molecule has 1 N–H and O–H groups in total. The van der Waals surface area contributed by atoms with Crippen molar-refractivity contribution >= 4 is 0 Å². The third-order valence-corrected chi connectivity index (χ3v) is 4.31. The highest BCUT2D eigenvalue weighted by Gasteiger charge is 2.25. The molecular formula is C16H22N4O. The molecule has 1 saturated carbocycles. The summed E-state index contributed by atoms with van der Waals surface area (Å²) < 4.78 is 5.42. The van der Waals surface area contributed by atoms with Crippen LogP contribution in [0.25, 0.3) is 0 Å². The van der Waals surface area contributed by atoms with Crippen LogP contribution in [0.4, 0.5) is 0 Å².